The Kier molecular flexibility index (Phi) is 6.08. The van der Waals surface area contributed by atoms with Gasteiger partial charge in [-0.25, -0.2) is 8.42 Å². The smallest absolute Gasteiger partial charge is 0.255 e. The van der Waals surface area contributed by atoms with Crippen LogP contribution in [0.25, 0.3) is 10.9 Å². The number of carbonyl (C=O) groups excluding carboxylic acids is 1. The predicted octanol–water partition coefficient (Wildman–Crippen LogP) is 4.49. The summed E-state index contributed by atoms with van der Waals surface area (Å²) in [4.78, 5) is 16.1. The van der Waals surface area contributed by atoms with Gasteiger partial charge in [0, 0.05) is 29.2 Å². The fraction of sp³-hybridized carbons (Fsp3) is 0.222. The van der Waals surface area contributed by atoms with E-state index in [1.54, 1.807) is 22.5 Å². The van der Waals surface area contributed by atoms with Gasteiger partial charge in [0.05, 0.1) is 23.7 Å². The van der Waals surface area contributed by atoms with Gasteiger partial charge in [-0.05, 0) is 66.3 Å². The Bertz CT molecular complexity index is 1510. The summed E-state index contributed by atoms with van der Waals surface area (Å²) >= 11 is 0. The van der Waals surface area contributed by atoms with E-state index < -0.39 is 10.0 Å². The van der Waals surface area contributed by atoms with Gasteiger partial charge in [-0.1, -0.05) is 36.4 Å². The van der Waals surface area contributed by atoms with Crippen LogP contribution in [-0.4, -0.2) is 36.4 Å². The van der Waals surface area contributed by atoms with E-state index in [2.05, 4.69) is 10.3 Å². The maximum atomic E-state index is 12.8. The van der Waals surface area contributed by atoms with Crippen LogP contribution < -0.4 is 11.1 Å². The maximum absolute atomic E-state index is 12.8. The number of nitrogens with one attached hydrogen (secondary N) is 2. The number of nitrogens with two attached hydrogens (primary N) is 1. The molecule has 4 N–H and O–H groups in total. The average Bonchev–Trinajstić information content (AvgIpc) is 3.44. The summed E-state index contributed by atoms with van der Waals surface area (Å²) in [5, 5.41) is 3.97. The van der Waals surface area contributed by atoms with Crippen LogP contribution in [0.4, 0.5) is 11.4 Å². The van der Waals surface area contributed by atoms with Crippen LogP contribution >= 0.6 is 0 Å². The molecule has 1 aromatic heterocycles. The van der Waals surface area contributed by atoms with Crippen molar-refractivity contribution in [3.8, 4) is 0 Å². The second-order valence-corrected chi connectivity index (χ2v) is 10.9. The van der Waals surface area contributed by atoms with Gasteiger partial charge < -0.3 is 16.0 Å². The lowest BCUT2D eigenvalue weighted by molar-refractivity contribution is 0.102. The van der Waals surface area contributed by atoms with E-state index in [9.17, 15) is 13.2 Å². The Morgan fingerprint density at radius 3 is 2.69 bits per heavy atom. The van der Waals surface area contributed by atoms with Gasteiger partial charge in [-0.2, -0.15) is 4.31 Å². The van der Waals surface area contributed by atoms with Crippen LogP contribution in [0.5, 0.6) is 0 Å². The van der Waals surface area contributed by atoms with E-state index in [1.807, 2.05) is 54.7 Å². The molecule has 1 aliphatic rings. The third kappa shape index (κ3) is 4.67. The van der Waals surface area contributed by atoms with Gasteiger partial charge in [-0.3, -0.25) is 4.79 Å². The Hall–Kier alpha value is -3.62. The first-order valence-electron chi connectivity index (χ1n) is 11.6. The molecule has 1 heterocycles. The second-order valence-electron chi connectivity index (χ2n) is 8.99. The van der Waals surface area contributed by atoms with Crippen molar-refractivity contribution in [1.82, 2.24) is 9.29 Å². The molecule has 0 spiro atoms. The zero-order valence-electron chi connectivity index (χ0n) is 19.5. The zero-order chi connectivity index (χ0) is 24.6. The van der Waals surface area contributed by atoms with E-state index in [1.165, 1.54) is 6.26 Å². The molecule has 0 saturated carbocycles. The molecule has 7 nitrogen and oxygen atoms in total. The monoisotopic (exact) mass is 488 g/mol. The standard InChI is InChI=1S/C27H28N4O3S/c1-35(33,34)31(15-14-20-17-29-24-8-4-2-6-21(20)24)26-13-11-18-16-19(10-12-22(18)26)27(32)30-25-9-5-3-7-23(25)28/h2-10,12,16-17,26,29H,11,13-15,28H2,1H3,(H,30,32). The Morgan fingerprint density at radius 1 is 1.11 bits per heavy atom. The summed E-state index contributed by atoms with van der Waals surface area (Å²) < 4.78 is 27.2. The molecule has 0 bridgehead atoms. The molecule has 0 saturated heterocycles. The molecule has 1 atom stereocenters. The van der Waals surface area contributed by atoms with Gasteiger partial charge in [0.2, 0.25) is 10.0 Å². The Morgan fingerprint density at radius 2 is 1.89 bits per heavy atom. The fourth-order valence-electron chi connectivity index (χ4n) is 4.96. The average molecular weight is 489 g/mol. The van der Waals surface area contributed by atoms with E-state index >= 15 is 0 Å². The zero-order valence-corrected chi connectivity index (χ0v) is 20.3. The minimum atomic E-state index is -3.44. The summed E-state index contributed by atoms with van der Waals surface area (Å²) in [5.74, 6) is -0.242. The summed E-state index contributed by atoms with van der Waals surface area (Å²) in [7, 11) is -3.44. The molecular formula is C27H28N4O3S. The molecule has 3 aromatic carbocycles. The number of benzene rings is 3. The first-order valence-corrected chi connectivity index (χ1v) is 13.5. The van der Waals surface area contributed by atoms with Gasteiger partial charge in [0.1, 0.15) is 0 Å². The number of fused-ring (bicyclic) bond motifs is 2. The van der Waals surface area contributed by atoms with E-state index in [0.717, 1.165) is 27.6 Å². The van der Waals surface area contributed by atoms with Crippen molar-refractivity contribution >= 4 is 38.2 Å². The minimum Gasteiger partial charge on any atom is -0.397 e. The highest BCUT2D eigenvalue weighted by atomic mass is 32.2. The topological polar surface area (TPSA) is 108 Å². The quantitative estimate of drug-likeness (QED) is 0.333. The molecular weight excluding hydrogens is 460 g/mol. The number of hydrogen-bond donors (Lipinski definition) is 3. The molecule has 5 rings (SSSR count). The minimum absolute atomic E-state index is 0.242. The summed E-state index contributed by atoms with van der Waals surface area (Å²) in [6, 6.07) is 20.4. The number of H-pyrrole nitrogens is 1. The van der Waals surface area contributed by atoms with Gasteiger partial charge in [-0.15, -0.1) is 0 Å². The fourth-order valence-corrected chi connectivity index (χ4v) is 6.07. The largest absolute Gasteiger partial charge is 0.397 e. The third-order valence-corrected chi connectivity index (χ3v) is 8.00. The summed E-state index contributed by atoms with van der Waals surface area (Å²) in [6.45, 7) is 0.389. The van der Waals surface area contributed by atoms with Crippen molar-refractivity contribution in [1.29, 1.82) is 0 Å². The summed E-state index contributed by atoms with van der Waals surface area (Å²) in [6.07, 6.45) is 5.24. The first-order chi connectivity index (χ1) is 16.8. The number of carbonyl (C=O) groups is 1. The molecule has 4 aromatic rings. The molecule has 0 aliphatic heterocycles. The predicted molar refractivity (Wildman–Crippen MR) is 140 cm³/mol. The van der Waals surface area contributed by atoms with Crippen LogP contribution in [-0.2, 0) is 22.9 Å². The third-order valence-electron chi connectivity index (χ3n) is 6.71. The number of aromatic nitrogens is 1. The summed E-state index contributed by atoms with van der Waals surface area (Å²) in [5.41, 5.74) is 11.6. The highest BCUT2D eigenvalue weighted by Crippen LogP contribution is 2.38. The molecule has 180 valence electrons. The number of hydrogen-bond acceptors (Lipinski definition) is 4. The van der Waals surface area contributed by atoms with E-state index in [4.69, 9.17) is 5.73 Å². The molecule has 1 unspecified atom stereocenters. The van der Waals surface area contributed by atoms with Gasteiger partial charge in [0.15, 0.2) is 0 Å². The lowest BCUT2D eigenvalue weighted by Crippen LogP contribution is -2.35. The van der Waals surface area contributed by atoms with E-state index in [-0.39, 0.29) is 11.9 Å². The van der Waals surface area contributed by atoms with Crippen LogP contribution in [0, 0.1) is 0 Å². The number of amides is 1. The lowest BCUT2D eigenvalue weighted by Gasteiger charge is -2.27. The van der Waals surface area contributed by atoms with Crippen molar-refractivity contribution in [2.45, 2.75) is 25.3 Å². The number of rotatable bonds is 7. The maximum Gasteiger partial charge on any atom is 0.255 e. The normalized spacial score (nSPS) is 15.4. The number of para-hydroxylation sites is 3. The van der Waals surface area contributed by atoms with Crippen LogP contribution in [0.15, 0.2) is 72.9 Å². The number of nitrogen functional groups attached to an aromatic ring is 1. The van der Waals surface area contributed by atoms with Crippen molar-refractivity contribution in [2.75, 3.05) is 23.9 Å². The Balaban J connectivity index is 1.36. The molecule has 35 heavy (non-hydrogen) atoms. The highest BCUT2D eigenvalue weighted by molar-refractivity contribution is 7.88. The van der Waals surface area contributed by atoms with Gasteiger partial charge >= 0.3 is 0 Å². The number of anilines is 2. The number of aromatic amines is 1. The van der Waals surface area contributed by atoms with Crippen molar-refractivity contribution in [3.63, 3.8) is 0 Å². The van der Waals surface area contributed by atoms with Crippen LogP contribution in [0.2, 0.25) is 0 Å². The van der Waals surface area contributed by atoms with Crippen molar-refractivity contribution < 1.29 is 13.2 Å². The van der Waals surface area contributed by atoms with Crippen molar-refractivity contribution in [3.05, 3.63) is 95.2 Å². The number of sulfonamides is 1. The van der Waals surface area contributed by atoms with Crippen molar-refractivity contribution in [2.24, 2.45) is 0 Å². The molecule has 0 radical (unpaired) electrons. The second kappa shape index (κ2) is 9.20. The van der Waals surface area contributed by atoms with Crippen LogP contribution in [0.1, 0.15) is 39.5 Å². The first kappa shape index (κ1) is 23.1. The SMILES string of the molecule is CS(=O)(=O)N(CCc1c[nH]c2ccccc12)C1CCc2cc(C(=O)Nc3ccccc3N)ccc21. The molecule has 1 aliphatic carbocycles. The van der Waals surface area contributed by atoms with E-state index in [0.29, 0.717) is 42.7 Å². The highest BCUT2D eigenvalue weighted by Gasteiger charge is 2.33. The Labute approximate surface area is 205 Å². The number of aryl methyl sites for hydroxylation is 1. The molecule has 0 fully saturated rings. The lowest BCUT2D eigenvalue weighted by atomic mass is 10.0. The van der Waals surface area contributed by atoms with Crippen LogP contribution in [0.3, 0.4) is 0 Å². The number of nitrogens with zero attached hydrogens (tertiary/aromatic N) is 1. The van der Waals surface area contributed by atoms with Gasteiger partial charge in [0.25, 0.3) is 5.91 Å². The molecule has 1 amide bonds. The molecule has 8 heteroatoms.